The second-order valence-electron chi connectivity index (χ2n) is 4.25. The van der Waals surface area contributed by atoms with Gasteiger partial charge in [-0.2, -0.15) is 0 Å². The van der Waals surface area contributed by atoms with Gasteiger partial charge in [0, 0.05) is 0 Å². The smallest absolute Gasteiger partial charge is 0.543 e. The Morgan fingerprint density at radius 2 is 1.73 bits per heavy atom. The molecule has 0 fully saturated rings. The first-order valence-electron chi connectivity index (χ1n) is 5.74. The summed E-state index contributed by atoms with van der Waals surface area (Å²) < 4.78 is 0.551. The fraction of sp³-hybridized carbons (Fsp3) is 0.0769. The van der Waals surface area contributed by atoms with Crippen molar-refractivity contribution in [3.05, 3.63) is 61.9 Å². The molecule has 108 valence electrons. The zero-order valence-corrected chi connectivity index (χ0v) is 14.9. The van der Waals surface area contributed by atoms with Gasteiger partial charge in [0.15, 0.2) is 5.56 Å². The Labute approximate surface area is 165 Å². The Morgan fingerprint density at radius 3 is 2.18 bits per heavy atom. The minimum Gasteiger partial charge on any atom is -0.543 e. The number of hydrogen-bond donors (Lipinski definition) is 2. The van der Waals surface area contributed by atoms with E-state index in [0.717, 1.165) is 5.56 Å². The maximum atomic E-state index is 12.1. The summed E-state index contributed by atoms with van der Waals surface area (Å²) in [5.41, 5.74) is -3.43. The minimum absolute atomic E-state index is 0. The van der Waals surface area contributed by atoms with Gasteiger partial charge in [-0.1, -0.05) is 17.7 Å². The number of nitrogens with one attached hydrogen (secondary N) is 1. The van der Waals surface area contributed by atoms with Crippen LogP contribution in [-0.4, -0.2) is 26.6 Å². The fourth-order valence-corrected chi connectivity index (χ4v) is 1.82. The summed E-state index contributed by atoms with van der Waals surface area (Å²) in [7, 11) is 0. The van der Waals surface area contributed by atoms with Crippen LogP contribution in [-0.2, 0) is 0 Å². The summed E-state index contributed by atoms with van der Waals surface area (Å²) in [6.07, 6.45) is 0. The van der Waals surface area contributed by atoms with Crippen LogP contribution < -0.4 is 67.7 Å². The number of aryl methyl sites for hydroxylation is 1. The van der Waals surface area contributed by atoms with Crippen LogP contribution in [0.25, 0.3) is 5.69 Å². The Bertz CT molecular complexity index is 850. The monoisotopic (exact) mass is 328 g/mol. The predicted octanol–water partition coefficient (Wildman–Crippen LogP) is -4.10. The number of aromatic amines is 1. The van der Waals surface area contributed by atoms with Crippen LogP contribution in [0.15, 0.2) is 33.9 Å². The Balaban J connectivity index is 0.00000242. The molecule has 0 aliphatic rings. The molecule has 0 saturated carbocycles. The van der Waals surface area contributed by atoms with Gasteiger partial charge in [-0.05, 0) is 19.1 Å². The summed E-state index contributed by atoms with van der Waals surface area (Å²) in [4.78, 5) is 47.7. The topological polar surface area (TPSA) is 132 Å². The molecule has 1 aromatic carbocycles. The first kappa shape index (κ1) is 18.5. The van der Waals surface area contributed by atoms with Crippen molar-refractivity contribution in [3.8, 4) is 5.69 Å². The average Bonchev–Trinajstić information content (AvgIpc) is 2.39. The number of benzene rings is 1. The average molecular weight is 328 g/mol. The van der Waals surface area contributed by atoms with Crippen molar-refractivity contribution in [2.45, 2.75) is 6.92 Å². The molecule has 0 radical (unpaired) electrons. The van der Waals surface area contributed by atoms with Crippen molar-refractivity contribution in [1.29, 1.82) is 0 Å². The third-order valence-electron chi connectivity index (χ3n) is 2.81. The summed E-state index contributed by atoms with van der Waals surface area (Å²) in [5, 5.41) is 19.8. The fourth-order valence-electron chi connectivity index (χ4n) is 1.82. The molecule has 8 nitrogen and oxygen atoms in total. The van der Waals surface area contributed by atoms with Gasteiger partial charge in [-0.25, -0.2) is 14.2 Å². The summed E-state index contributed by atoms with van der Waals surface area (Å²) >= 11 is 0. The summed E-state index contributed by atoms with van der Waals surface area (Å²) in [6, 6.07) is 6.12. The van der Waals surface area contributed by atoms with Crippen LogP contribution in [0.5, 0.6) is 0 Å². The van der Waals surface area contributed by atoms with Crippen LogP contribution in [0, 0.1) is 6.92 Å². The quantitative estimate of drug-likeness (QED) is 0.550. The SMILES string of the molecule is Cc1ccc(-n2c(=O)[nH]c(C(=O)[O-])c(C(=O)O)c2=O)cc1.[K+]. The van der Waals surface area contributed by atoms with Crippen molar-refractivity contribution in [3.63, 3.8) is 0 Å². The van der Waals surface area contributed by atoms with E-state index >= 15 is 0 Å². The van der Waals surface area contributed by atoms with Crippen molar-refractivity contribution in [2.24, 2.45) is 0 Å². The van der Waals surface area contributed by atoms with Gasteiger partial charge in [0.05, 0.1) is 17.4 Å². The number of carboxylic acids is 2. The van der Waals surface area contributed by atoms with Crippen molar-refractivity contribution in [2.75, 3.05) is 0 Å². The first-order chi connectivity index (χ1) is 9.82. The van der Waals surface area contributed by atoms with Crippen LogP contribution in [0.2, 0.25) is 0 Å². The first-order valence-corrected chi connectivity index (χ1v) is 5.74. The third kappa shape index (κ3) is 3.44. The van der Waals surface area contributed by atoms with Gasteiger partial charge in [0.25, 0.3) is 5.56 Å². The molecule has 0 amide bonds. The number of aromatic carboxylic acids is 2. The van der Waals surface area contributed by atoms with Crippen molar-refractivity contribution in [1.82, 2.24) is 9.55 Å². The van der Waals surface area contributed by atoms with E-state index in [1.54, 1.807) is 19.1 Å². The van der Waals surface area contributed by atoms with Crippen LogP contribution >= 0.6 is 0 Å². The van der Waals surface area contributed by atoms with E-state index in [0.29, 0.717) is 4.57 Å². The molecule has 0 aliphatic carbocycles. The Morgan fingerprint density at radius 1 is 1.18 bits per heavy atom. The molecule has 9 heteroatoms. The number of nitrogens with zero attached hydrogens (tertiary/aromatic N) is 1. The molecule has 22 heavy (non-hydrogen) atoms. The van der Waals surface area contributed by atoms with Crippen molar-refractivity contribution >= 4 is 11.9 Å². The van der Waals surface area contributed by atoms with Crippen LogP contribution in [0.3, 0.4) is 0 Å². The van der Waals surface area contributed by atoms with Gasteiger partial charge in [0.1, 0.15) is 0 Å². The number of aromatic nitrogens is 2. The van der Waals surface area contributed by atoms with Crippen LogP contribution in [0.1, 0.15) is 26.4 Å². The molecule has 0 bridgehead atoms. The van der Waals surface area contributed by atoms with E-state index in [4.69, 9.17) is 5.11 Å². The molecule has 2 aromatic rings. The van der Waals surface area contributed by atoms with E-state index in [1.165, 1.54) is 12.1 Å². The Kier molecular flexibility index (Phi) is 6.03. The third-order valence-corrected chi connectivity index (χ3v) is 2.81. The number of hydrogen-bond acceptors (Lipinski definition) is 5. The minimum atomic E-state index is -1.95. The molecule has 0 unspecified atom stereocenters. The van der Waals surface area contributed by atoms with Gasteiger partial charge in [-0.3, -0.25) is 4.79 Å². The normalized spacial score (nSPS) is 9.86. The zero-order valence-electron chi connectivity index (χ0n) is 11.7. The number of carbonyl (C=O) groups excluding carboxylic acids is 1. The van der Waals surface area contributed by atoms with Crippen LogP contribution in [0.4, 0.5) is 0 Å². The number of carboxylic acid groups (broad SMARTS) is 2. The van der Waals surface area contributed by atoms with Gasteiger partial charge < -0.3 is 20.0 Å². The molecule has 1 aromatic heterocycles. The maximum Gasteiger partial charge on any atom is 1.00 e. The van der Waals surface area contributed by atoms with Gasteiger partial charge in [0.2, 0.25) is 0 Å². The molecule has 0 saturated heterocycles. The molecular weight excluding hydrogens is 319 g/mol. The molecular formula is C13H9KN2O6. The van der Waals surface area contributed by atoms with E-state index in [-0.39, 0.29) is 57.1 Å². The van der Waals surface area contributed by atoms with E-state index in [1.807, 2.05) is 4.98 Å². The largest absolute Gasteiger partial charge is 1.00 e. The number of H-pyrrole nitrogens is 1. The molecule has 0 atom stereocenters. The second-order valence-corrected chi connectivity index (χ2v) is 4.25. The summed E-state index contributed by atoms with van der Waals surface area (Å²) in [5.74, 6) is -3.71. The molecule has 2 N–H and O–H groups in total. The maximum absolute atomic E-state index is 12.1. The molecule has 0 spiro atoms. The van der Waals surface area contributed by atoms with E-state index in [9.17, 15) is 24.3 Å². The van der Waals surface area contributed by atoms with Gasteiger partial charge >= 0.3 is 63.0 Å². The second kappa shape index (κ2) is 7.16. The number of rotatable bonds is 3. The predicted molar refractivity (Wildman–Crippen MR) is 68.7 cm³/mol. The molecule has 0 aliphatic heterocycles. The van der Waals surface area contributed by atoms with Gasteiger partial charge in [-0.15, -0.1) is 0 Å². The molecule has 1 heterocycles. The molecule has 2 rings (SSSR count). The number of carbonyl (C=O) groups is 2. The zero-order chi connectivity index (χ0) is 15.7. The Hall–Kier alpha value is -1.52. The van der Waals surface area contributed by atoms with E-state index < -0.39 is 34.4 Å². The van der Waals surface area contributed by atoms with E-state index in [2.05, 4.69) is 0 Å². The standard InChI is InChI=1S/C13H10N2O6.K/c1-6-2-4-7(5-3-6)15-10(16)8(11(17)18)9(12(19)20)14-13(15)21;/h2-5H,1H3,(H,14,21)(H,17,18)(H,19,20);/q;+1/p-1. The van der Waals surface area contributed by atoms with Crippen molar-refractivity contribution < 1.29 is 71.2 Å². The summed E-state index contributed by atoms with van der Waals surface area (Å²) in [6.45, 7) is 1.79.